The number of carbonyl (C=O) groups is 6. The van der Waals surface area contributed by atoms with E-state index in [0.717, 1.165) is 118 Å². The summed E-state index contributed by atoms with van der Waals surface area (Å²) in [5.74, 6) is 0.442. The summed E-state index contributed by atoms with van der Waals surface area (Å²) in [6.45, 7) is 14.3. The number of hydrogen-bond donors (Lipinski definition) is 3. The van der Waals surface area contributed by atoms with Crippen molar-refractivity contribution in [3.63, 3.8) is 0 Å². The first kappa shape index (κ1) is 104. The van der Waals surface area contributed by atoms with Crippen molar-refractivity contribution in [1.29, 1.82) is 0 Å². The molecule has 6 aliphatic heterocycles. The van der Waals surface area contributed by atoms with Crippen LogP contribution in [0.4, 0.5) is 111 Å². The Hall–Kier alpha value is -13.5. The molecule has 3 saturated carbocycles. The lowest BCUT2D eigenvalue weighted by atomic mass is 9.90. The third kappa shape index (κ3) is 23.6. The summed E-state index contributed by atoms with van der Waals surface area (Å²) in [4.78, 5) is 99.0. The van der Waals surface area contributed by atoms with Crippen LogP contribution in [-0.4, -0.2) is 158 Å². The lowest BCUT2D eigenvalue weighted by Gasteiger charge is -2.33. The third-order valence-corrected chi connectivity index (χ3v) is 27.6. The van der Waals surface area contributed by atoms with Gasteiger partial charge in [0.2, 0.25) is 0 Å². The van der Waals surface area contributed by atoms with E-state index in [2.05, 4.69) is 14.7 Å². The van der Waals surface area contributed by atoms with Gasteiger partial charge in [-0.05, 0) is 284 Å². The molecule has 0 spiro atoms. The normalized spacial score (nSPS) is 20.7. The Morgan fingerprint density at radius 2 is 0.676 bits per heavy atom. The van der Waals surface area contributed by atoms with Gasteiger partial charge in [0.25, 0.3) is 0 Å². The second kappa shape index (κ2) is 40.9. The molecule has 0 radical (unpaired) electrons. The van der Waals surface area contributed by atoms with E-state index in [1.165, 1.54) is 42.6 Å². The van der Waals surface area contributed by atoms with Crippen LogP contribution in [0.2, 0.25) is 0 Å². The Morgan fingerprint density at radius 3 is 0.931 bits per heavy atom. The fourth-order valence-electron chi connectivity index (χ4n) is 19.1. The molecule has 3 aliphatic carbocycles. The quantitative estimate of drug-likeness (QED) is 0.0303. The number of ether oxygens (including phenoxy) is 6. The lowest BCUT2D eigenvalue weighted by Crippen LogP contribution is -2.38. The van der Waals surface area contributed by atoms with Crippen molar-refractivity contribution < 1.29 is 152 Å². The summed E-state index contributed by atoms with van der Waals surface area (Å²) in [7, 11) is 1.51. The van der Waals surface area contributed by atoms with Gasteiger partial charge in [-0.25, -0.2) is 29.3 Å². The van der Waals surface area contributed by atoms with E-state index in [0.29, 0.717) is 141 Å². The van der Waals surface area contributed by atoms with E-state index in [4.69, 9.17) is 43.4 Å². The Labute approximate surface area is 819 Å². The predicted molar refractivity (Wildman–Crippen MR) is 489 cm³/mol. The minimum absolute atomic E-state index is 0.00576. The summed E-state index contributed by atoms with van der Waals surface area (Å²) in [6, 6.07) is 23.0. The molecule has 9 heterocycles. The highest BCUT2D eigenvalue weighted by Crippen LogP contribution is 2.52. The van der Waals surface area contributed by atoms with Crippen molar-refractivity contribution in [2.24, 2.45) is 5.92 Å². The van der Waals surface area contributed by atoms with Gasteiger partial charge in [-0.15, -0.1) is 0 Å². The fourth-order valence-corrected chi connectivity index (χ4v) is 19.1. The zero-order valence-corrected chi connectivity index (χ0v) is 79.2. The molecule has 0 unspecified atom stereocenters. The molecule has 0 bridgehead atoms. The Morgan fingerprint density at radius 1 is 0.379 bits per heavy atom. The number of rotatable bonds is 28. The number of aryl methyl sites for hydroxylation is 5. The molecular weight excluding hydrogens is 1950 g/mol. The predicted octanol–water partition coefficient (Wildman–Crippen LogP) is 24.3. The minimum Gasteiger partial charge on any atom is -0.496 e. The number of carboxylic acid groups (broad SMARTS) is 3. The van der Waals surface area contributed by atoms with Crippen LogP contribution in [0.25, 0.3) is 33.4 Å². The van der Waals surface area contributed by atoms with E-state index in [-0.39, 0.29) is 81.6 Å². The number of aliphatic carboxylic acids is 3. The van der Waals surface area contributed by atoms with E-state index in [9.17, 15) is 123 Å². The molecule has 24 nitrogen and oxygen atoms in total. The van der Waals surface area contributed by atoms with Gasteiger partial charge in [0.05, 0.1) is 113 Å². The van der Waals surface area contributed by atoms with Gasteiger partial charge in [0.15, 0.2) is 0 Å². The second-order valence-electron chi connectivity index (χ2n) is 38.0. The third-order valence-electron chi connectivity index (χ3n) is 27.6. The number of carbonyl (C=O) groups excluding carboxylic acids is 3. The highest BCUT2D eigenvalue weighted by atomic mass is 19.4. The number of carboxylic acids is 3. The Bertz CT molecular complexity index is 6100. The maximum absolute atomic E-state index is 13.7. The first-order valence-electron chi connectivity index (χ1n) is 47.2. The number of anilines is 3. The first-order chi connectivity index (χ1) is 68.2. The average molecular weight is 2050 g/mol. The fraction of sp³-hybridized carbons (Fsp3) is 0.447. The van der Waals surface area contributed by atoms with Gasteiger partial charge in [0, 0.05) is 85.5 Å². The standard InChI is InChI=1S/C35H35F6N3O5.2C34H33F6N3O5/c1-18-11-29(43-9-4-10-43)42-27(30(18)26-15-21(7-8-28(26)48-3)20-5-6-22(12-20)32(45)46)17-44-19(2)31(49-33(44)47)23-13-24(34(36,37)38)16-25(14-23)35(39,40)41;2*1-18-12-28(42-10-3-11-42)41-26(30(18)25-13-20(5-9-29(44)45)4-8-27(25)47-24-6-7-24)17-43-19(2)31(48-32(43)46)21-14-22(33(35,36)37)16-23(15-21)34(38,39)40/h7-8,11,13-16,19-20,22,31H,4-6,9-10,12,17H2,1-3H3,(H,45,46);2*4,8,12-16,19,24,31H,3,5-7,9-11,17H2,1-2H3,(H,44,45)/t19-,20+,22+,31-;2*19-,31-/m000/s1. The maximum atomic E-state index is 13.7. The van der Waals surface area contributed by atoms with Crippen LogP contribution < -0.4 is 28.9 Å². The topological polar surface area (TPSA) is 277 Å². The monoisotopic (exact) mass is 2050 g/mol. The van der Waals surface area contributed by atoms with Crippen LogP contribution >= 0.6 is 0 Å². The SMILES string of the molecule is COc1ccc([C@@H]2CC[C@@H](C(=O)O)C2)cc1-c1c(C)cc(N2CCC2)nc1CN1C(=O)O[C@H](c2cc(C(F)(F)F)cc(C(F)(F)F)c2)[C@@H]1C.Cc1cc(N2CCC2)nc(CN2C(=O)O[C@H](c3cc(C(F)(F)F)cc(C(F)(F)F)c3)[C@@H]2C)c1-c1cc(CCC(=O)O)ccc1OC1CC1.Cc1cc(N2CCC2)nc(CN2C(=O)O[C@H](c3cc(C(F)(F)F)cc(C(F)(F)F)c3)[C@@H]2C)c1-c1cc(CCC(=O)O)ccc1OC1CC1. The zero-order chi connectivity index (χ0) is 104. The molecule has 774 valence electrons. The first-order valence-corrected chi connectivity index (χ1v) is 47.2. The number of amides is 3. The Balaban J connectivity index is 0.000000156. The van der Waals surface area contributed by atoms with Crippen LogP contribution in [0.1, 0.15) is 223 Å². The number of halogens is 18. The van der Waals surface area contributed by atoms with Crippen molar-refractivity contribution in [2.45, 2.75) is 243 Å². The van der Waals surface area contributed by atoms with Crippen LogP contribution in [0, 0.1) is 26.7 Å². The highest BCUT2D eigenvalue weighted by molar-refractivity contribution is 5.83. The van der Waals surface area contributed by atoms with Gasteiger partial charge in [-0.3, -0.25) is 29.1 Å². The van der Waals surface area contributed by atoms with Crippen LogP contribution in [0.3, 0.4) is 0 Å². The molecule has 3 N–H and O–H groups in total. The lowest BCUT2D eigenvalue weighted by molar-refractivity contribution is -0.144. The van der Waals surface area contributed by atoms with E-state index in [1.807, 2.05) is 63.2 Å². The number of cyclic esters (lactones) is 3. The van der Waals surface area contributed by atoms with Crippen LogP contribution in [0.5, 0.6) is 17.2 Å². The van der Waals surface area contributed by atoms with Gasteiger partial charge in [-0.1, -0.05) is 18.2 Å². The van der Waals surface area contributed by atoms with E-state index >= 15 is 0 Å². The second-order valence-corrected chi connectivity index (χ2v) is 38.0. The minimum atomic E-state index is -5.06. The summed E-state index contributed by atoms with van der Waals surface area (Å²) >= 11 is 0. The molecule has 8 atom stereocenters. The largest absolute Gasteiger partial charge is 0.496 e. The highest BCUT2D eigenvalue weighted by Gasteiger charge is 2.50. The summed E-state index contributed by atoms with van der Waals surface area (Å²) in [5, 5.41) is 28.1. The number of methoxy groups -OCH3 is 1. The molecule has 9 aromatic rings. The van der Waals surface area contributed by atoms with Crippen molar-refractivity contribution in [2.75, 3.05) is 61.1 Å². The smallest absolute Gasteiger partial charge is 0.416 e. The summed E-state index contributed by atoms with van der Waals surface area (Å²) < 4.78 is 280. The van der Waals surface area contributed by atoms with Gasteiger partial charge in [-0.2, -0.15) is 79.0 Å². The van der Waals surface area contributed by atoms with Crippen molar-refractivity contribution in [3.8, 4) is 50.6 Å². The van der Waals surface area contributed by atoms with Crippen LogP contribution in [0.15, 0.2) is 127 Å². The molecule has 18 rings (SSSR count). The van der Waals surface area contributed by atoms with Crippen molar-refractivity contribution in [1.82, 2.24) is 29.7 Å². The molecule has 3 amide bonds. The number of nitrogens with zero attached hydrogens (tertiary/aromatic N) is 9. The molecule has 9 fully saturated rings. The molecule has 145 heavy (non-hydrogen) atoms. The molecule has 3 aromatic heterocycles. The molecular formula is C103H101F18N9O15. The van der Waals surface area contributed by atoms with Crippen molar-refractivity contribution in [3.05, 3.63) is 228 Å². The molecule has 9 aliphatic rings. The number of alkyl halides is 18. The summed E-state index contributed by atoms with van der Waals surface area (Å²) in [6.07, 6.45) is -28.8. The van der Waals surface area contributed by atoms with Gasteiger partial charge in [0.1, 0.15) is 53.0 Å². The van der Waals surface area contributed by atoms with E-state index in [1.54, 1.807) is 30.3 Å². The average Bonchev–Trinajstić information content (AvgIpc) is 1.75. The number of aromatic nitrogens is 3. The van der Waals surface area contributed by atoms with Gasteiger partial charge < -0.3 is 58.4 Å². The summed E-state index contributed by atoms with van der Waals surface area (Å²) in [5.41, 5.74) is -0.285. The maximum Gasteiger partial charge on any atom is 0.416 e. The number of benzene rings is 6. The Kier molecular flexibility index (Phi) is 29.4. The van der Waals surface area contributed by atoms with Gasteiger partial charge >= 0.3 is 73.2 Å². The number of hydrogen-bond acceptors (Lipinski definition) is 18. The number of pyridine rings is 3. The van der Waals surface area contributed by atoms with Crippen LogP contribution in [-0.2, 0) is 98.1 Å². The van der Waals surface area contributed by atoms with Crippen molar-refractivity contribution >= 4 is 53.6 Å². The zero-order valence-electron chi connectivity index (χ0n) is 79.2. The molecule has 42 heteroatoms. The molecule has 6 saturated heterocycles. The molecule has 6 aromatic carbocycles. The van der Waals surface area contributed by atoms with E-state index < -0.39 is 166 Å².